The van der Waals surface area contributed by atoms with Gasteiger partial charge in [-0.3, -0.25) is 4.40 Å². The summed E-state index contributed by atoms with van der Waals surface area (Å²) in [5.74, 6) is 0.423. The molecule has 1 aliphatic rings. The average molecular weight is 737 g/mol. The van der Waals surface area contributed by atoms with Crippen LogP contribution in [-0.2, 0) is 26.3 Å². The van der Waals surface area contributed by atoms with Gasteiger partial charge in [-0.15, -0.1) is 10.2 Å². The van der Waals surface area contributed by atoms with Crippen LogP contribution in [0, 0.1) is 11.7 Å². The molecule has 2 N–H and O–H groups in total. The van der Waals surface area contributed by atoms with Crippen molar-refractivity contribution in [2.24, 2.45) is 0 Å². The van der Waals surface area contributed by atoms with Gasteiger partial charge in [-0.2, -0.15) is 4.31 Å². The van der Waals surface area contributed by atoms with Crippen LogP contribution < -0.4 is 4.74 Å². The number of fused-ring (bicyclic) bond motifs is 1. The summed E-state index contributed by atoms with van der Waals surface area (Å²) in [6.45, 7) is 3.26. The van der Waals surface area contributed by atoms with E-state index in [1.54, 1.807) is 50.4 Å². The first-order valence-electron chi connectivity index (χ1n) is 14.7. The standard InChI is InChI=1S/C31H31ClF2N6O5S3/c1-18-14-21(47(35,42)13-12-41)8-9-23(18)24-15-22(17-39-25(24)26(32)36-28(39)30-38-37-29(46-30)27(33)34)48(43,44)40(31(2)10-11-31)16-19-4-6-20(45-3)7-5-19/h4-9,14-15,17,27,35,41H,10-13,16H2,1-3H3. The predicted molar refractivity (Wildman–Crippen MR) is 179 cm³/mol. The first kappa shape index (κ1) is 34.3. The largest absolute Gasteiger partial charge is 0.497 e. The van der Waals surface area contributed by atoms with Crippen molar-refractivity contribution in [1.29, 1.82) is 4.78 Å². The number of hydrogen-bond donors (Lipinski definition) is 2. The van der Waals surface area contributed by atoms with Crippen LogP contribution in [0.1, 0.15) is 42.3 Å². The number of aliphatic hydroxyl groups is 1. The molecule has 0 bridgehead atoms. The van der Waals surface area contributed by atoms with Gasteiger partial charge in [-0.05, 0) is 73.7 Å². The van der Waals surface area contributed by atoms with Crippen molar-refractivity contribution < 1.29 is 31.3 Å². The highest BCUT2D eigenvalue weighted by atomic mass is 35.5. The van der Waals surface area contributed by atoms with E-state index < -0.39 is 43.3 Å². The Labute approximate surface area is 285 Å². The van der Waals surface area contributed by atoms with Gasteiger partial charge in [0.15, 0.2) is 21.0 Å². The fraction of sp³-hybridized carbons (Fsp3) is 0.323. The molecule has 0 amide bonds. The van der Waals surface area contributed by atoms with E-state index in [1.807, 2.05) is 6.92 Å². The molecule has 254 valence electrons. The monoisotopic (exact) mass is 736 g/mol. The summed E-state index contributed by atoms with van der Waals surface area (Å²) in [5.41, 5.74) is 1.82. The summed E-state index contributed by atoms with van der Waals surface area (Å²) in [4.78, 5) is 4.51. The van der Waals surface area contributed by atoms with E-state index in [2.05, 4.69) is 15.2 Å². The van der Waals surface area contributed by atoms with Gasteiger partial charge in [0.25, 0.3) is 6.43 Å². The molecule has 0 spiro atoms. The molecule has 0 radical (unpaired) electrons. The fourth-order valence-electron chi connectivity index (χ4n) is 5.47. The molecule has 1 unspecified atom stereocenters. The fourth-order valence-corrected chi connectivity index (χ4v) is 9.42. The summed E-state index contributed by atoms with van der Waals surface area (Å²) in [5, 5.41) is 16.3. The average Bonchev–Trinajstić information content (AvgIpc) is 3.43. The lowest BCUT2D eigenvalue weighted by atomic mass is 10.0. The minimum absolute atomic E-state index is 0.0157. The van der Waals surface area contributed by atoms with Crippen LogP contribution in [0.25, 0.3) is 27.5 Å². The van der Waals surface area contributed by atoms with Crippen LogP contribution in [0.5, 0.6) is 5.75 Å². The Morgan fingerprint density at radius 3 is 2.40 bits per heavy atom. The molecule has 11 nitrogen and oxygen atoms in total. The van der Waals surface area contributed by atoms with Crippen molar-refractivity contribution in [1.82, 2.24) is 23.9 Å². The molecule has 1 saturated carbocycles. The third-order valence-corrected chi connectivity index (χ3v) is 13.3. The lowest BCUT2D eigenvalue weighted by Gasteiger charge is -2.29. The van der Waals surface area contributed by atoms with Crippen molar-refractivity contribution in [2.45, 2.75) is 55.0 Å². The van der Waals surface area contributed by atoms with Crippen LogP contribution in [-0.4, -0.2) is 66.6 Å². The van der Waals surface area contributed by atoms with Crippen molar-refractivity contribution >= 4 is 48.2 Å². The molecule has 48 heavy (non-hydrogen) atoms. The van der Waals surface area contributed by atoms with E-state index in [1.165, 1.54) is 27.0 Å². The second kappa shape index (κ2) is 12.7. The summed E-state index contributed by atoms with van der Waals surface area (Å²) < 4.78 is 85.6. The number of sulfonamides is 1. The van der Waals surface area contributed by atoms with Gasteiger partial charge in [-0.25, -0.2) is 31.2 Å². The van der Waals surface area contributed by atoms with Gasteiger partial charge in [0.1, 0.15) is 5.75 Å². The van der Waals surface area contributed by atoms with E-state index >= 15 is 0 Å². The number of halogens is 3. The van der Waals surface area contributed by atoms with E-state index in [4.69, 9.17) is 21.1 Å². The van der Waals surface area contributed by atoms with Crippen LogP contribution in [0.15, 0.2) is 64.5 Å². The van der Waals surface area contributed by atoms with Crippen molar-refractivity contribution in [3.05, 3.63) is 76.0 Å². The molecule has 17 heteroatoms. The molecular formula is C31H31ClF2N6O5S3. The summed E-state index contributed by atoms with van der Waals surface area (Å²) in [6, 6.07) is 13.3. The molecule has 3 heterocycles. The van der Waals surface area contributed by atoms with Gasteiger partial charge in [0, 0.05) is 28.7 Å². The van der Waals surface area contributed by atoms with Gasteiger partial charge < -0.3 is 9.84 Å². The second-order valence-corrected chi connectivity index (χ2v) is 17.2. The zero-order valence-corrected chi connectivity index (χ0v) is 29.2. The highest BCUT2D eigenvalue weighted by Crippen LogP contribution is 2.46. The maximum Gasteiger partial charge on any atom is 0.291 e. The van der Waals surface area contributed by atoms with E-state index in [0.717, 1.165) is 5.56 Å². The Bertz CT molecular complexity index is 2240. The zero-order chi connectivity index (χ0) is 34.6. The van der Waals surface area contributed by atoms with Crippen molar-refractivity contribution in [3.63, 3.8) is 0 Å². The van der Waals surface area contributed by atoms with Crippen molar-refractivity contribution in [2.75, 3.05) is 19.5 Å². The van der Waals surface area contributed by atoms with E-state index in [-0.39, 0.29) is 43.6 Å². The maximum atomic E-state index is 14.7. The molecule has 2 aromatic carbocycles. The summed E-state index contributed by atoms with van der Waals surface area (Å²) >= 11 is 7.31. The number of aliphatic hydroxyl groups excluding tert-OH is 1. The summed E-state index contributed by atoms with van der Waals surface area (Å²) in [7, 11) is -5.96. The number of hydrogen-bond acceptors (Lipinski definition) is 10. The lowest BCUT2D eigenvalue weighted by Crippen LogP contribution is -2.39. The molecule has 0 saturated heterocycles. The number of alkyl halides is 2. The van der Waals surface area contributed by atoms with E-state index in [9.17, 15) is 26.5 Å². The number of methoxy groups -OCH3 is 1. The Kier molecular flexibility index (Phi) is 9.10. The molecule has 0 aliphatic heterocycles. The molecule has 1 fully saturated rings. The van der Waals surface area contributed by atoms with Gasteiger partial charge in [0.2, 0.25) is 10.0 Å². The number of nitrogens with zero attached hydrogens (tertiary/aromatic N) is 5. The first-order valence-corrected chi connectivity index (χ1v) is 19.0. The summed E-state index contributed by atoms with van der Waals surface area (Å²) in [6.07, 6.45) is -0.196. The van der Waals surface area contributed by atoms with Gasteiger partial charge >= 0.3 is 0 Å². The molecular weight excluding hydrogens is 706 g/mol. The Hall–Kier alpha value is -3.54. The third kappa shape index (κ3) is 6.32. The number of nitrogens with one attached hydrogen (secondary N) is 1. The predicted octanol–water partition coefficient (Wildman–Crippen LogP) is 6.57. The zero-order valence-electron chi connectivity index (χ0n) is 26.0. The van der Waals surface area contributed by atoms with Crippen LogP contribution >= 0.6 is 22.9 Å². The number of pyridine rings is 1. The molecule has 6 rings (SSSR count). The first-order chi connectivity index (χ1) is 22.7. The Balaban J connectivity index is 1.57. The topological polar surface area (TPSA) is 151 Å². The Morgan fingerprint density at radius 1 is 1.10 bits per heavy atom. The molecule has 3 aromatic heterocycles. The number of rotatable bonds is 12. The van der Waals surface area contributed by atoms with Crippen molar-refractivity contribution in [3.8, 4) is 27.7 Å². The van der Waals surface area contributed by atoms with E-state index in [0.29, 0.717) is 46.6 Å². The number of aryl methyl sites for hydroxylation is 1. The molecule has 5 aromatic rings. The number of imidazole rings is 1. The van der Waals surface area contributed by atoms with Crippen LogP contribution in [0.3, 0.4) is 0 Å². The smallest absolute Gasteiger partial charge is 0.291 e. The van der Waals surface area contributed by atoms with Crippen LogP contribution in [0.2, 0.25) is 5.15 Å². The van der Waals surface area contributed by atoms with Gasteiger partial charge in [-0.1, -0.05) is 41.1 Å². The quantitative estimate of drug-likeness (QED) is 0.146. The minimum atomic E-state index is -4.23. The number of benzene rings is 2. The maximum absolute atomic E-state index is 14.7. The minimum Gasteiger partial charge on any atom is -0.497 e. The SMILES string of the molecule is COc1ccc(CN(C2(C)CC2)S(=O)(=O)c2cc(-c3ccc(S(=N)(=O)CCO)cc3C)c3c(Cl)nc(-c4nnc(C(F)F)s4)n3c2)cc1. The molecule has 1 aliphatic carbocycles. The number of aromatic nitrogens is 4. The number of ether oxygens (including phenoxy) is 1. The lowest BCUT2D eigenvalue weighted by molar-refractivity contribution is 0.150. The Morgan fingerprint density at radius 2 is 1.81 bits per heavy atom. The van der Waals surface area contributed by atoms with Crippen LogP contribution in [0.4, 0.5) is 8.78 Å². The second-order valence-electron chi connectivity index (χ2n) is 11.7. The van der Waals surface area contributed by atoms with Gasteiger partial charge in [0.05, 0.1) is 39.6 Å². The third-order valence-electron chi connectivity index (χ3n) is 8.38. The normalized spacial score (nSPS) is 15.7. The molecule has 1 atom stereocenters. The highest BCUT2D eigenvalue weighted by Gasteiger charge is 2.49. The highest BCUT2D eigenvalue weighted by molar-refractivity contribution is 7.92.